The fraction of sp³-hybridized carbons (Fsp3) is 0.353. The van der Waals surface area contributed by atoms with Gasteiger partial charge < -0.3 is 4.90 Å². The number of carbonyl (C=O) groups is 1. The molecule has 0 saturated carbocycles. The van der Waals surface area contributed by atoms with E-state index in [9.17, 15) is 14.9 Å². The Balaban J connectivity index is 1.80. The van der Waals surface area contributed by atoms with Crippen LogP contribution in [-0.4, -0.2) is 33.9 Å². The molecule has 0 aliphatic carbocycles. The second-order valence-electron chi connectivity index (χ2n) is 6.27. The summed E-state index contributed by atoms with van der Waals surface area (Å²) in [6, 6.07) is 8.55. The van der Waals surface area contributed by atoms with Crippen molar-refractivity contribution in [3.05, 3.63) is 52.3 Å². The van der Waals surface area contributed by atoms with E-state index in [1.807, 2.05) is 4.90 Å². The number of hydrazine groups is 1. The molecule has 3 rings (SSSR count). The third-order valence-electron chi connectivity index (χ3n) is 4.40. The monoisotopic (exact) mass is 356 g/mol. The lowest BCUT2D eigenvalue weighted by Gasteiger charge is -2.30. The van der Waals surface area contributed by atoms with Crippen molar-refractivity contribution < 1.29 is 9.72 Å². The third kappa shape index (κ3) is 3.88. The molecule has 0 atom stereocenters. The van der Waals surface area contributed by atoms with Crippen molar-refractivity contribution in [2.45, 2.75) is 19.8 Å². The molecule has 136 valence electrons. The second kappa shape index (κ2) is 7.77. The number of amides is 1. The molecule has 1 aromatic carbocycles. The standard InChI is InChI=1S/C17H20N6O3/c1-12-7-9-22(10-8-12)16-14(23(25)26)15(18-11-19-16)20-21-17(24)13-5-3-2-4-6-13/h2-6,11-12H,7-10H2,1H3,(H,21,24)(H,18,19,20). The summed E-state index contributed by atoms with van der Waals surface area (Å²) in [7, 11) is 0. The van der Waals surface area contributed by atoms with Crippen LogP contribution in [0.25, 0.3) is 0 Å². The lowest BCUT2D eigenvalue weighted by molar-refractivity contribution is -0.383. The van der Waals surface area contributed by atoms with Gasteiger partial charge in [-0.25, -0.2) is 9.97 Å². The first-order chi connectivity index (χ1) is 12.6. The molecule has 0 radical (unpaired) electrons. The van der Waals surface area contributed by atoms with Crippen LogP contribution in [0.2, 0.25) is 0 Å². The van der Waals surface area contributed by atoms with E-state index >= 15 is 0 Å². The lowest BCUT2D eigenvalue weighted by atomic mass is 9.99. The second-order valence-corrected chi connectivity index (χ2v) is 6.27. The van der Waals surface area contributed by atoms with Gasteiger partial charge in [-0.2, -0.15) is 0 Å². The normalized spacial score (nSPS) is 14.7. The largest absolute Gasteiger partial charge is 0.355 e. The van der Waals surface area contributed by atoms with Gasteiger partial charge in [-0.05, 0) is 30.9 Å². The van der Waals surface area contributed by atoms with Gasteiger partial charge in [0.2, 0.25) is 11.6 Å². The van der Waals surface area contributed by atoms with Crippen LogP contribution in [0.5, 0.6) is 0 Å². The van der Waals surface area contributed by atoms with Crippen molar-refractivity contribution in [3.8, 4) is 0 Å². The third-order valence-corrected chi connectivity index (χ3v) is 4.40. The fourth-order valence-electron chi connectivity index (χ4n) is 2.86. The molecule has 0 spiro atoms. The number of nitrogens with one attached hydrogen (secondary N) is 2. The van der Waals surface area contributed by atoms with Gasteiger partial charge in [0.1, 0.15) is 6.33 Å². The summed E-state index contributed by atoms with van der Waals surface area (Å²) in [4.78, 5) is 33.2. The smallest absolute Gasteiger partial charge is 0.351 e. The maximum absolute atomic E-state index is 12.1. The highest BCUT2D eigenvalue weighted by atomic mass is 16.6. The van der Waals surface area contributed by atoms with Crippen LogP contribution < -0.4 is 15.8 Å². The molecule has 2 aromatic rings. The summed E-state index contributed by atoms with van der Waals surface area (Å²) in [5, 5.41) is 11.6. The number of aromatic nitrogens is 2. The zero-order chi connectivity index (χ0) is 18.5. The Kier molecular flexibility index (Phi) is 5.26. The Morgan fingerprint density at radius 1 is 1.23 bits per heavy atom. The highest BCUT2D eigenvalue weighted by Gasteiger charge is 2.29. The first-order valence-corrected chi connectivity index (χ1v) is 8.42. The summed E-state index contributed by atoms with van der Waals surface area (Å²) in [5.74, 6) is 0.415. The van der Waals surface area contributed by atoms with Crippen LogP contribution in [0.4, 0.5) is 17.3 Å². The summed E-state index contributed by atoms with van der Waals surface area (Å²) >= 11 is 0. The Bertz CT molecular complexity index is 790. The van der Waals surface area contributed by atoms with E-state index in [1.54, 1.807) is 30.3 Å². The van der Waals surface area contributed by atoms with Crippen LogP contribution in [0.1, 0.15) is 30.1 Å². The fourth-order valence-corrected chi connectivity index (χ4v) is 2.86. The summed E-state index contributed by atoms with van der Waals surface area (Å²) < 4.78 is 0. The molecule has 0 unspecified atom stereocenters. The molecule has 0 bridgehead atoms. The molecule has 9 nitrogen and oxygen atoms in total. The van der Waals surface area contributed by atoms with Crippen molar-refractivity contribution >= 4 is 23.2 Å². The quantitative estimate of drug-likeness (QED) is 0.624. The van der Waals surface area contributed by atoms with E-state index in [2.05, 4.69) is 27.7 Å². The first-order valence-electron chi connectivity index (χ1n) is 8.42. The van der Waals surface area contributed by atoms with Gasteiger partial charge >= 0.3 is 5.69 Å². The molecule has 2 N–H and O–H groups in total. The summed E-state index contributed by atoms with van der Waals surface area (Å²) in [6.45, 7) is 3.57. The number of benzene rings is 1. The van der Waals surface area contributed by atoms with Crippen LogP contribution in [-0.2, 0) is 0 Å². The average Bonchev–Trinajstić information content (AvgIpc) is 2.67. The van der Waals surface area contributed by atoms with Gasteiger partial charge in [-0.3, -0.25) is 25.8 Å². The number of hydrogen-bond donors (Lipinski definition) is 2. The number of nitro groups is 1. The number of carbonyl (C=O) groups excluding carboxylic acids is 1. The summed E-state index contributed by atoms with van der Waals surface area (Å²) in [5.41, 5.74) is 5.20. The summed E-state index contributed by atoms with van der Waals surface area (Å²) in [6.07, 6.45) is 3.17. The predicted molar refractivity (Wildman–Crippen MR) is 96.8 cm³/mol. The van der Waals surface area contributed by atoms with Crippen molar-refractivity contribution in [1.29, 1.82) is 0 Å². The van der Waals surface area contributed by atoms with E-state index in [0.717, 1.165) is 12.8 Å². The van der Waals surface area contributed by atoms with Crippen molar-refractivity contribution in [2.24, 2.45) is 5.92 Å². The number of rotatable bonds is 5. The van der Waals surface area contributed by atoms with Crippen LogP contribution in [0, 0.1) is 16.0 Å². The topological polar surface area (TPSA) is 113 Å². The lowest BCUT2D eigenvalue weighted by Crippen LogP contribution is -2.35. The molecule has 9 heteroatoms. The highest BCUT2D eigenvalue weighted by Crippen LogP contribution is 2.33. The van der Waals surface area contributed by atoms with Crippen molar-refractivity contribution in [3.63, 3.8) is 0 Å². The molecule has 26 heavy (non-hydrogen) atoms. The van der Waals surface area contributed by atoms with Gasteiger partial charge in [0.15, 0.2) is 0 Å². The molecule has 2 heterocycles. The Hall–Kier alpha value is -3.23. The van der Waals surface area contributed by atoms with Gasteiger partial charge in [-0.15, -0.1) is 0 Å². The molecule has 1 saturated heterocycles. The average molecular weight is 356 g/mol. The number of hydrogen-bond acceptors (Lipinski definition) is 7. The Morgan fingerprint density at radius 2 is 1.92 bits per heavy atom. The van der Waals surface area contributed by atoms with Crippen molar-refractivity contribution in [2.75, 3.05) is 23.4 Å². The van der Waals surface area contributed by atoms with Crippen LogP contribution in [0.15, 0.2) is 36.7 Å². The minimum absolute atomic E-state index is 0.0390. The molecule has 1 aromatic heterocycles. The maximum atomic E-state index is 12.1. The van der Waals surface area contributed by atoms with Gasteiger partial charge in [0.05, 0.1) is 4.92 Å². The van der Waals surface area contributed by atoms with Crippen molar-refractivity contribution in [1.82, 2.24) is 15.4 Å². The van der Waals surface area contributed by atoms with E-state index < -0.39 is 10.8 Å². The minimum Gasteiger partial charge on any atom is -0.351 e. The number of anilines is 2. The highest BCUT2D eigenvalue weighted by molar-refractivity contribution is 5.95. The zero-order valence-electron chi connectivity index (χ0n) is 14.4. The van der Waals surface area contributed by atoms with Crippen LogP contribution >= 0.6 is 0 Å². The first kappa shape index (κ1) is 17.6. The number of piperidine rings is 1. The predicted octanol–water partition coefficient (Wildman–Crippen LogP) is 2.38. The molecule has 1 fully saturated rings. The van der Waals surface area contributed by atoms with E-state index in [-0.39, 0.29) is 17.3 Å². The van der Waals surface area contributed by atoms with E-state index in [1.165, 1.54) is 6.33 Å². The molecule has 1 aliphatic heterocycles. The zero-order valence-corrected chi connectivity index (χ0v) is 14.4. The number of nitrogens with zero attached hydrogens (tertiary/aromatic N) is 4. The van der Waals surface area contributed by atoms with Gasteiger partial charge in [0.25, 0.3) is 5.91 Å². The molecule has 1 aliphatic rings. The van der Waals surface area contributed by atoms with Gasteiger partial charge in [-0.1, -0.05) is 25.1 Å². The van der Waals surface area contributed by atoms with E-state index in [0.29, 0.717) is 24.6 Å². The van der Waals surface area contributed by atoms with Gasteiger partial charge in [0, 0.05) is 18.7 Å². The minimum atomic E-state index is -0.523. The Labute approximate surface area is 150 Å². The Morgan fingerprint density at radius 3 is 2.58 bits per heavy atom. The molecule has 1 amide bonds. The molecular weight excluding hydrogens is 336 g/mol. The molecular formula is C17H20N6O3. The van der Waals surface area contributed by atoms with E-state index in [4.69, 9.17) is 0 Å². The van der Waals surface area contributed by atoms with Crippen LogP contribution in [0.3, 0.4) is 0 Å². The maximum Gasteiger partial charge on any atom is 0.355 e. The SMILES string of the molecule is CC1CCN(c2ncnc(NNC(=O)c3ccccc3)c2[N+](=O)[O-])CC1.